The topological polar surface area (TPSA) is 57.6 Å². The van der Waals surface area contributed by atoms with Crippen LogP contribution in [0.15, 0.2) is 11.8 Å². The minimum absolute atomic E-state index is 0.257. The molecule has 31 heavy (non-hydrogen) atoms. The molecule has 174 valence electrons. The Hall–Kier alpha value is -1.32. The van der Waals surface area contributed by atoms with E-state index in [-0.39, 0.29) is 5.41 Å². The molecule has 4 aliphatic carbocycles. The number of rotatable bonds is 5. The summed E-state index contributed by atoms with van der Waals surface area (Å²) in [5, 5.41) is 9.16. The van der Waals surface area contributed by atoms with Crippen molar-refractivity contribution in [2.45, 2.75) is 85.0 Å². The van der Waals surface area contributed by atoms with Gasteiger partial charge in [-0.2, -0.15) is 0 Å². The molecule has 4 fully saturated rings. The van der Waals surface area contributed by atoms with Gasteiger partial charge in [-0.05, 0) is 97.7 Å². The Morgan fingerprint density at radius 2 is 1.84 bits per heavy atom. The number of allylic oxidation sites excluding steroid dienone is 1. The molecule has 0 heterocycles. The van der Waals surface area contributed by atoms with Crippen LogP contribution >= 0.6 is 0 Å². The molecule has 4 rings (SSSR count). The number of ketones is 1. The Balaban J connectivity index is 1.55. The van der Waals surface area contributed by atoms with Crippen molar-refractivity contribution in [2.75, 3.05) is 14.1 Å². The quantitative estimate of drug-likeness (QED) is 0.564. The first-order chi connectivity index (χ1) is 14.6. The lowest BCUT2D eigenvalue weighted by Gasteiger charge is -2.60. The van der Waals surface area contributed by atoms with Crippen molar-refractivity contribution < 1.29 is 14.7 Å². The average molecular weight is 430 g/mol. The van der Waals surface area contributed by atoms with Crippen LogP contribution in [-0.4, -0.2) is 35.9 Å². The molecule has 0 aromatic rings. The van der Waals surface area contributed by atoms with E-state index in [1.807, 2.05) is 19.0 Å². The molecule has 0 saturated heterocycles. The number of carboxylic acid groups (broad SMARTS) is 1. The van der Waals surface area contributed by atoms with Crippen molar-refractivity contribution >= 4 is 11.8 Å². The zero-order valence-electron chi connectivity index (χ0n) is 20.3. The van der Waals surface area contributed by atoms with Crippen LogP contribution in [0.1, 0.15) is 85.0 Å². The number of hydrogen-bond acceptors (Lipinski definition) is 3. The second kappa shape index (κ2) is 8.23. The fraction of sp³-hybridized carbons (Fsp3) is 0.852. The molecule has 0 aromatic carbocycles. The Bertz CT molecular complexity index is 758. The van der Waals surface area contributed by atoms with Crippen LogP contribution in [0, 0.1) is 46.3 Å². The third-order valence-corrected chi connectivity index (χ3v) is 10.4. The second-order valence-corrected chi connectivity index (χ2v) is 12.2. The summed E-state index contributed by atoms with van der Waals surface area (Å²) in [6.45, 7) is 7.35. The summed E-state index contributed by atoms with van der Waals surface area (Å²) in [5.74, 6) is 3.73. The molecule has 0 spiro atoms. The van der Waals surface area contributed by atoms with Crippen LogP contribution in [-0.2, 0) is 9.59 Å². The van der Waals surface area contributed by atoms with Crippen molar-refractivity contribution in [3.63, 3.8) is 0 Å². The highest BCUT2D eigenvalue weighted by molar-refractivity contribution is 5.96. The van der Waals surface area contributed by atoms with Gasteiger partial charge in [-0.15, -0.1) is 0 Å². The van der Waals surface area contributed by atoms with E-state index in [9.17, 15) is 9.59 Å². The molecular weight excluding hydrogens is 386 g/mol. The van der Waals surface area contributed by atoms with Crippen molar-refractivity contribution in [3.05, 3.63) is 11.8 Å². The first kappa shape index (κ1) is 22.9. The van der Waals surface area contributed by atoms with E-state index in [1.54, 1.807) is 0 Å². The zero-order valence-corrected chi connectivity index (χ0v) is 20.3. The Labute approximate surface area is 188 Å². The van der Waals surface area contributed by atoms with Crippen molar-refractivity contribution in [1.82, 2.24) is 4.90 Å². The normalized spacial score (nSPS) is 44.4. The molecule has 0 amide bonds. The molecule has 0 bridgehead atoms. The number of hydrogen-bond donors (Lipinski definition) is 1. The zero-order chi connectivity index (χ0) is 22.6. The van der Waals surface area contributed by atoms with E-state index in [0.717, 1.165) is 42.6 Å². The van der Waals surface area contributed by atoms with Gasteiger partial charge >= 0.3 is 5.97 Å². The second-order valence-electron chi connectivity index (χ2n) is 12.2. The minimum atomic E-state index is -0.657. The predicted octanol–water partition coefficient (Wildman–Crippen LogP) is 5.77. The lowest BCUT2D eigenvalue weighted by atomic mass is 9.44. The maximum absolute atomic E-state index is 12.8. The molecular formula is C27H43NO3. The van der Waals surface area contributed by atoms with E-state index in [1.165, 1.54) is 38.5 Å². The molecule has 8 atom stereocenters. The van der Waals surface area contributed by atoms with Gasteiger partial charge in [-0.25, -0.2) is 0 Å². The van der Waals surface area contributed by atoms with Gasteiger partial charge in [0.2, 0.25) is 0 Å². The van der Waals surface area contributed by atoms with Crippen LogP contribution in [0.25, 0.3) is 0 Å². The molecule has 1 N–H and O–H groups in total. The smallest absolute Gasteiger partial charge is 0.303 e. The lowest BCUT2D eigenvalue weighted by molar-refractivity contribution is -0.137. The molecule has 4 aliphatic rings. The predicted molar refractivity (Wildman–Crippen MR) is 123 cm³/mol. The summed E-state index contributed by atoms with van der Waals surface area (Å²) in [6.07, 6.45) is 12.6. The van der Waals surface area contributed by atoms with Gasteiger partial charge < -0.3 is 10.0 Å². The minimum Gasteiger partial charge on any atom is -0.481 e. The van der Waals surface area contributed by atoms with Crippen LogP contribution < -0.4 is 0 Å². The highest BCUT2D eigenvalue weighted by Crippen LogP contribution is 2.68. The standard InChI is InChI=1S/C27H43NO3/c1-17(6-11-25(30)31)21-9-10-22-20-8-7-19-14-24(29)18(16-28(4)5)15-27(19,3)23(20)12-13-26(21,22)2/h16-17,19-23H,6-15H2,1-5H3,(H,30,31)/t17-,19?,20+,21-,22+,23+,26-,27+/m1/s1. The summed E-state index contributed by atoms with van der Waals surface area (Å²) >= 11 is 0. The lowest BCUT2D eigenvalue weighted by Crippen LogP contribution is -2.54. The average Bonchev–Trinajstić information content (AvgIpc) is 3.04. The summed E-state index contributed by atoms with van der Waals surface area (Å²) in [7, 11) is 4.04. The van der Waals surface area contributed by atoms with Gasteiger partial charge in [0.15, 0.2) is 5.78 Å². The van der Waals surface area contributed by atoms with Gasteiger partial charge in [-0.1, -0.05) is 20.8 Å². The maximum atomic E-state index is 12.8. The van der Waals surface area contributed by atoms with Gasteiger partial charge in [0, 0.05) is 38.7 Å². The van der Waals surface area contributed by atoms with Gasteiger partial charge in [0.05, 0.1) is 0 Å². The summed E-state index contributed by atoms with van der Waals surface area (Å²) < 4.78 is 0. The summed E-state index contributed by atoms with van der Waals surface area (Å²) in [5.41, 5.74) is 1.67. The fourth-order valence-corrected chi connectivity index (χ4v) is 8.97. The third-order valence-electron chi connectivity index (χ3n) is 10.4. The van der Waals surface area contributed by atoms with E-state index in [2.05, 4.69) is 27.0 Å². The number of carbonyl (C=O) groups is 2. The molecule has 4 heteroatoms. The number of fused-ring (bicyclic) bond motifs is 5. The highest BCUT2D eigenvalue weighted by atomic mass is 16.4. The highest BCUT2D eigenvalue weighted by Gasteiger charge is 2.61. The number of carbonyl (C=O) groups excluding carboxylic acids is 1. The maximum Gasteiger partial charge on any atom is 0.303 e. The van der Waals surface area contributed by atoms with Crippen LogP contribution in [0.3, 0.4) is 0 Å². The van der Waals surface area contributed by atoms with Crippen molar-refractivity contribution in [1.29, 1.82) is 0 Å². The fourth-order valence-electron chi connectivity index (χ4n) is 8.97. The van der Waals surface area contributed by atoms with Gasteiger partial charge in [0.25, 0.3) is 0 Å². The third kappa shape index (κ3) is 3.86. The molecule has 0 aromatic heterocycles. The number of aliphatic carboxylic acids is 1. The SMILES string of the molecule is C[C@H](CCC(=O)O)[C@H]1CC[C@H]2[C@@H]3CCC4CC(=O)C(=CN(C)C)C[C@]4(C)[C@H]3CC[C@]12C. The number of carboxylic acids is 1. The Kier molecular flexibility index (Phi) is 6.07. The summed E-state index contributed by atoms with van der Waals surface area (Å²) in [6, 6.07) is 0. The first-order valence-corrected chi connectivity index (χ1v) is 12.7. The molecule has 1 unspecified atom stereocenters. The monoisotopic (exact) mass is 429 g/mol. The van der Waals surface area contributed by atoms with Crippen LogP contribution in [0.4, 0.5) is 0 Å². The van der Waals surface area contributed by atoms with E-state index in [0.29, 0.717) is 35.4 Å². The molecule has 4 nitrogen and oxygen atoms in total. The van der Waals surface area contributed by atoms with E-state index >= 15 is 0 Å². The van der Waals surface area contributed by atoms with Gasteiger partial charge in [0.1, 0.15) is 0 Å². The van der Waals surface area contributed by atoms with E-state index < -0.39 is 5.97 Å². The Morgan fingerprint density at radius 1 is 1.13 bits per heavy atom. The largest absolute Gasteiger partial charge is 0.481 e. The van der Waals surface area contributed by atoms with Crippen molar-refractivity contribution in [2.24, 2.45) is 46.3 Å². The summed E-state index contributed by atoms with van der Waals surface area (Å²) in [4.78, 5) is 26.0. The molecule has 4 saturated carbocycles. The number of Topliss-reactive ketones (excluding diaryl/α,β-unsaturated/α-hetero) is 1. The molecule has 0 aliphatic heterocycles. The Morgan fingerprint density at radius 3 is 2.52 bits per heavy atom. The molecule has 0 radical (unpaired) electrons. The van der Waals surface area contributed by atoms with Crippen LogP contribution in [0.2, 0.25) is 0 Å². The van der Waals surface area contributed by atoms with E-state index in [4.69, 9.17) is 5.11 Å². The number of nitrogens with zero attached hydrogens (tertiary/aromatic N) is 1. The van der Waals surface area contributed by atoms with Crippen LogP contribution in [0.5, 0.6) is 0 Å². The van der Waals surface area contributed by atoms with Gasteiger partial charge in [-0.3, -0.25) is 9.59 Å². The van der Waals surface area contributed by atoms with Crippen molar-refractivity contribution in [3.8, 4) is 0 Å². The first-order valence-electron chi connectivity index (χ1n) is 12.7.